The number of hydrogen-bond acceptors (Lipinski definition) is 4. The lowest BCUT2D eigenvalue weighted by molar-refractivity contribution is -0.129. The van der Waals surface area contributed by atoms with E-state index in [0.29, 0.717) is 11.7 Å². The first-order valence-electron chi connectivity index (χ1n) is 10.9. The summed E-state index contributed by atoms with van der Waals surface area (Å²) in [4.78, 5) is 14.9. The number of piperidine rings is 1. The molecule has 0 spiro atoms. The quantitative estimate of drug-likeness (QED) is 0.428. The number of aromatic nitrogens is 3. The summed E-state index contributed by atoms with van der Waals surface area (Å²) in [5.74, 6) is 1.25. The van der Waals surface area contributed by atoms with E-state index in [0.717, 1.165) is 59.6 Å². The number of aryl methyl sites for hydroxylation is 1. The average molecular weight is 431 g/mol. The molecular weight excluding hydrogens is 404 g/mol. The Labute approximate surface area is 186 Å². The Bertz CT molecular complexity index is 1210. The number of hydrogen-bond donors (Lipinski definition) is 0. The Balaban J connectivity index is 1.23. The van der Waals surface area contributed by atoms with Gasteiger partial charge in [0.05, 0.1) is 11.3 Å². The molecule has 1 aliphatic rings. The number of pyridine rings is 1. The minimum absolute atomic E-state index is 0.192. The molecule has 0 N–H and O–H groups in total. The highest BCUT2D eigenvalue weighted by atomic mass is 32.2. The Morgan fingerprint density at radius 1 is 1.03 bits per heavy atom. The van der Waals surface area contributed by atoms with Crippen LogP contribution in [-0.4, -0.2) is 44.2 Å². The van der Waals surface area contributed by atoms with E-state index in [9.17, 15) is 4.79 Å². The second kappa shape index (κ2) is 8.71. The van der Waals surface area contributed by atoms with Crippen molar-refractivity contribution in [3.63, 3.8) is 0 Å². The van der Waals surface area contributed by atoms with Crippen molar-refractivity contribution in [3.05, 3.63) is 71.8 Å². The zero-order chi connectivity index (χ0) is 21.2. The van der Waals surface area contributed by atoms with Crippen molar-refractivity contribution in [2.45, 2.75) is 31.3 Å². The summed E-state index contributed by atoms with van der Waals surface area (Å²) in [6.45, 7) is 3.74. The molecule has 5 rings (SSSR count). The lowest BCUT2D eigenvalue weighted by Gasteiger charge is -2.32. The largest absolute Gasteiger partial charge is 0.342 e. The Morgan fingerprint density at radius 2 is 1.77 bits per heavy atom. The van der Waals surface area contributed by atoms with Gasteiger partial charge in [-0.15, -0.1) is 10.2 Å². The molecule has 6 heteroatoms. The van der Waals surface area contributed by atoms with Crippen LogP contribution in [-0.2, 0) is 11.2 Å². The monoisotopic (exact) mass is 430 g/mol. The second-order valence-electron chi connectivity index (χ2n) is 8.33. The number of benzene rings is 2. The summed E-state index contributed by atoms with van der Waals surface area (Å²) >= 11 is 1.48. The normalized spacial score (nSPS) is 15.1. The second-order valence-corrected chi connectivity index (χ2v) is 9.27. The summed E-state index contributed by atoms with van der Waals surface area (Å²) in [7, 11) is 0. The predicted octanol–water partition coefficient (Wildman–Crippen LogP) is 4.76. The molecule has 4 aromatic rings. The third-order valence-corrected chi connectivity index (χ3v) is 7.11. The van der Waals surface area contributed by atoms with Gasteiger partial charge in [-0.1, -0.05) is 60.3 Å². The number of nitrogens with zero attached hydrogens (tertiary/aromatic N) is 4. The third-order valence-electron chi connectivity index (χ3n) is 6.19. The SMILES string of the molecule is Cc1cc2ccccc2n2c(SCC(=O)N3CCC(Cc4ccccc4)CC3)nnc12. The van der Waals surface area contributed by atoms with Gasteiger partial charge in [-0.25, -0.2) is 0 Å². The van der Waals surface area contributed by atoms with Crippen LogP contribution in [0.15, 0.2) is 65.8 Å². The molecule has 1 amide bonds. The Hall–Kier alpha value is -2.86. The topological polar surface area (TPSA) is 50.5 Å². The number of likely N-dealkylation sites (tertiary alicyclic amines) is 1. The summed E-state index contributed by atoms with van der Waals surface area (Å²) in [5.41, 5.74) is 4.41. The lowest BCUT2D eigenvalue weighted by atomic mass is 9.90. The number of carbonyl (C=O) groups is 1. The van der Waals surface area contributed by atoms with E-state index in [1.54, 1.807) is 0 Å². The molecular formula is C25H26N4OS. The first-order valence-corrected chi connectivity index (χ1v) is 11.9. The van der Waals surface area contributed by atoms with Gasteiger partial charge in [0.25, 0.3) is 0 Å². The molecule has 1 saturated heterocycles. The Morgan fingerprint density at radius 3 is 2.58 bits per heavy atom. The molecule has 2 aromatic heterocycles. The number of carbonyl (C=O) groups excluding carboxylic acids is 1. The first-order chi connectivity index (χ1) is 15.2. The van der Waals surface area contributed by atoms with Crippen LogP contribution in [0.25, 0.3) is 16.6 Å². The van der Waals surface area contributed by atoms with Gasteiger partial charge in [0.2, 0.25) is 5.91 Å². The van der Waals surface area contributed by atoms with Crippen molar-refractivity contribution in [1.82, 2.24) is 19.5 Å². The van der Waals surface area contributed by atoms with Crippen LogP contribution in [0.3, 0.4) is 0 Å². The maximum absolute atomic E-state index is 12.9. The third kappa shape index (κ3) is 4.17. The van der Waals surface area contributed by atoms with E-state index in [-0.39, 0.29) is 5.91 Å². The van der Waals surface area contributed by atoms with Gasteiger partial charge in [0, 0.05) is 13.1 Å². The maximum Gasteiger partial charge on any atom is 0.233 e. The van der Waals surface area contributed by atoms with E-state index in [1.165, 1.54) is 17.3 Å². The summed E-state index contributed by atoms with van der Waals surface area (Å²) in [6.07, 6.45) is 3.25. The molecule has 0 unspecified atom stereocenters. The van der Waals surface area contributed by atoms with E-state index in [1.807, 2.05) is 17.0 Å². The fourth-order valence-electron chi connectivity index (χ4n) is 4.50. The van der Waals surface area contributed by atoms with Crippen molar-refractivity contribution in [2.75, 3.05) is 18.8 Å². The molecule has 158 valence electrons. The van der Waals surface area contributed by atoms with Crippen molar-refractivity contribution < 1.29 is 4.79 Å². The fraction of sp³-hybridized carbons (Fsp3) is 0.320. The predicted molar refractivity (Wildman–Crippen MR) is 125 cm³/mol. The zero-order valence-electron chi connectivity index (χ0n) is 17.7. The standard InChI is InChI=1S/C25H26N4OS/c1-18-15-21-9-5-6-10-22(21)29-24(18)26-27-25(29)31-17-23(30)28-13-11-20(12-14-28)16-19-7-3-2-4-8-19/h2-10,15,20H,11-14,16-17H2,1H3. The molecule has 5 nitrogen and oxygen atoms in total. The van der Waals surface area contributed by atoms with Crippen molar-refractivity contribution in [1.29, 1.82) is 0 Å². The first kappa shape index (κ1) is 20.1. The van der Waals surface area contributed by atoms with Gasteiger partial charge in [-0.05, 0) is 60.7 Å². The van der Waals surface area contributed by atoms with Gasteiger partial charge < -0.3 is 4.90 Å². The number of thioether (sulfide) groups is 1. The van der Waals surface area contributed by atoms with Gasteiger partial charge in [0.15, 0.2) is 10.8 Å². The molecule has 0 saturated carbocycles. The van der Waals surface area contributed by atoms with Crippen LogP contribution >= 0.6 is 11.8 Å². The molecule has 0 bridgehead atoms. The molecule has 1 fully saturated rings. The number of para-hydroxylation sites is 1. The fourth-order valence-corrected chi connectivity index (χ4v) is 5.35. The highest BCUT2D eigenvalue weighted by molar-refractivity contribution is 7.99. The average Bonchev–Trinajstić information content (AvgIpc) is 3.24. The number of fused-ring (bicyclic) bond motifs is 3. The van der Waals surface area contributed by atoms with Crippen LogP contribution in [0.1, 0.15) is 24.0 Å². The minimum Gasteiger partial charge on any atom is -0.342 e. The lowest BCUT2D eigenvalue weighted by Crippen LogP contribution is -2.39. The molecule has 2 aromatic carbocycles. The highest BCUT2D eigenvalue weighted by Gasteiger charge is 2.23. The molecule has 0 aliphatic carbocycles. The van der Waals surface area contributed by atoms with Crippen molar-refractivity contribution in [2.24, 2.45) is 5.92 Å². The van der Waals surface area contributed by atoms with E-state index in [2.05, 4.69) is 70.1 Å². The summed E-state index contributed by atoms with van der Waals surface area (Å²) < 4.78 is 2.08. The number of rotatable bonds is 5. The van der Waals surface area contributed by atoms with E-state index in [4.69, 9.17) is 0 Å². The van der Waals surface area contributed by atoms with E-state index >= 15 is 0 Å². The van der Waals surface area contributed by atoms with Gasteiger partial charge in [-0.3, -0.25) is 9.20 Å². The maximum atomic E-state index is 12.9. The van der Waals surface area contributed by atoms with Gasteiger partial charge >= 0.3 is 0 Å². The molecule has 3 heterocycles. The van der Waals surface area contributed by atoms with Crippen LogP contribution in [0.5, 0.6) is 0 Å². The van der Waals surface area contributed by atoms with Crippen LogP contribution in [0, 0.1) is 12.8 Å². The molecule has 1 aliphatic heterocycles. The summed E-state index contributed by atoms with van der Waals surface area (Å²) in [6, 6.07) is 21.0. The Kier molecular flexibility index (Phi) is 5.64. The smallest absolute Gasteiger partial charge is 0.233 e. The molecule has 0 radical (unpaired) electrons. The van der Waals surface area contributed by atoms with Crippen LogP contribution in [0.2, 0.25) is 0 Å². The highest BCUT2D eigenvalue weighted by Crippen LogP contribution is 2.27. The van der Waals surface area contributed by atoms with Gasteiger partial charge in [0.1, 0.15) is 0 Å². The van der Waals surface area contributed by atoms with Crippen molar-refractivity contribution >= 4 is 34.2 Å². The van der Waals surface area contributed by atoms with Crippen LogP contribution in [0.4, 0.5) is 0 Å². The zero-order valence-corrected chi connectivity index (χ0v) is 18.5. The van der Waals surface area contributed by atoms with E-state index < -0.39 is 0 Å². The van der Waals surface area contributed by atoms with Gasteiger partial charge in [-0.2, -0.15) is 0 Å². The molecule has 0 atom stereocenters. The molecule has 31 heavy (non-hydrogen) atoms. The number of amides is 1. The van der Waals surface area contributed by atoms with Crippen LogP contribution < -0.4 is 0 Å². The van der Waals surface area contributed by atoms with Crippen molar-refractivity contribution in [3.8, 4) is 0 Å². The minimum atomic E-state index is 0.192. The summed E-state index contributed by atoms with van der Waals surface area (Å²) in [5, 5.41) is 10.7.